The molecule has 24 heavy (non-hydrogen) atoms. The van der Waals surface area contributed by atoms with Crippen molar-refractivity contribution in [2.75, 3.05) is 17.6 Å². The third-order valence-corrected chi connectivity index (χ3v) is 3.56. The molecule has 0 unspecified atom stereocenters. The van der Waals surface area contributed by atoms with Crippen LogP contribution in [0.3, 0.4) is 0 Å². The molecule has 2 aromatic heterocycles. The summed E-state index contributed by atoms with van der Waals surface area (Å²) in [6.07, 6.45) is 1.80. The molecule has 2 aromatic rings. The largest absolute Gasteiger partial charge is 0.397 e. The van der Waals surface area contributed by atoms with Gasteiger partial charge in [-0.3, -0.25) is 20.1 Å². The van der Waals surface area contributed by atoms with Crippen molar-refractivity contribution in [1.82, 2.24) is 20.5 Å². The Morgan fingerprint density at radius 3 is 2.54 bits per heavy atom. The second-order valence-corrected chi connectivity index (χ2v) is 5.30. The lowest BCUT2D eigenvalue weighted by atomic mass is 10.2. The summed E-state index contributed by atoms with van der Waals surface area (Å²) in [6.45, 7) is 3.64. The number of anilines is 2. The summed E-state index contributed by atoms with van der Waals surface area (Å²) in [5, 5.41) is 18.9. The van der Waals surface area contributed by atoms with E-state index >= 15 is 0 Å². The Morgan fingerprint density at radius 2 is 1.96 bits per heavy atom. The number of amidine groups is 1. The highest BCUT2D eigenvalue weighted by Crippen LogP contribution is 2.19. The molecule has 0 aliphatic rings. The molecule has 0 atom stereocenters. The molecule has 10 heteroatoms. The summed E-state index contributed by atoms with van der Waals surface area (Å²) in [6, 6.07) is 0. The average molecular weight is 332 g/mol. The topological polar surface area (TPSA) is 179 Å². The Bertz CT molecular complexity index is 789. The summed E-state index contributed by atoms with van der Waals surface area (Å²) in [5.74, 6) is -0.543. The third-order valence-electron chi connectivity index (χ3n) is 3.56. The van der Waals surface area contributed by atoms with Gasteiger partial charge in [0.15, 0.2) is 5.82 Å². The molecule has 2 heterocycles. The molecule has 9 N–H and O–H groups in total. The zero-order valence-corrected chi connectivity index (χ0v) is 13.4. The zero-order valence-electron chi connectivity index (χ0n) is 13.4. The first-order chi connectivity index (χ1) is 11.3. The SMILES string of the molecule is Cc1c(N)c[nH]c1C(=O)Nc1n[nH]c(C(=O)NCCC(=N)N)c1C. The van der Waals surface area contributed by atoms with Gasteiger partial charge in [-0.25, -0.2) is 0 Å². The van der Waals surface area contributed by atoms with Crippen LogP contribution in [0, 0.1) is 19.3 Å². The lowest BCUT2D eigenvalue weighted by molar-refractivity contribution is 0.0948. The van der Waals surface area contributed by atoms with E-state index in [0.717, 1.165) is 0 Å². The number of rotatable bonds is 6. The van der Waals surface area contributed by atoms with Crippen LogP contribution in [0.25, 0.3) is 0 Å². The highest BCUT2D eigenvalue weighted by molar-refractivity contribution is 6.05. The van der Waals surface area contributed by atoms with E-state index in [1.54, 1.807) is 13.8 Å². The van der Waals surface area contributed by atoms with E-state index in [9.17, 15) is 9.59 Å². The monoisotopic (exact) mass is 332 g/mol. The van der Waals surface area contributed by atoms with Crippen LogP contribution in [0.5, 0.6) is 0 Å². The number of aromatic nitrogens is 3. The highest BCUT2D eigenvalue weighted by atomic mass is 16.2. The van der Waals surface area contributed by atoms with Crippen LogP contribution >= 0.6 is 0 Å². The number of amides is 2. The van der Waals surface area contributed by atoms with Gasteiger partial charge in [0.1, 0.15) is 11.4 Å². The molecule has 0 aromatic carbocycles. The van der Waals surface area contributed by atoms with Crippen LogP contribution in [-0.4, -0.2) is 39.4 Å². The number of carbonyl (C=O) groups is 2. The average Bonchev–Trinajstić information content (AvgIpc) is 3.03. The van der Waals surface area contributed by atoms with Gasteiger partial charge in [0.05, 0.1) is 11.5 Å². The van der Waals surface area contributed by atoms with Crippen LogP contribution in [0.2, 0.25) is 0 Å². The summed E-state index contributed by atoms with van der Waals surface area (Å²) in [7, 11) is 0. The van der Waals surface area contributed by atoms with Crippen LogP contribution in [0.4, 0.5) is 11.5 Å². The Labute approximate surface area is 137 Å². The van der Waals surface area contributed by atoms with Gasteiger partial charge >= 0.3 is 0 Å². The van der Waals surface area contributed by atoms with Crippen molar-refractivity contribution in [1.29, 1.82) is 5.41 Å². The number of nitrogens with two attached hydrogens (primary N) is 2. The fraction of sp³-hybridized carbons (Fsp3) is 0.286. The smallest absolute Gasteiger partial charge is 0.273 e. The highest BCUT2D eigenvalue weighted by Gasteiger charge is 2.19. The van der Waals surface area contributed by atoms with Crippen molar-refractivity contribution >= 4 is 29.2 Å². The van der Waals surface area contributed by atoms with E-state index in [2.05, 4.69) is 25.8 Å². The number of nitrogen functional groups attached to an aromatic ring is 1. The molecule has 0 fully saturated rings. The number of nitrogens with zero attached hydrogens (tertiary/aromatic N) is 1. The molecule has 10 nitrogen and oxygen atoms in total. The third kappa shape index (κ3) is 3.54. The number of H-pyrrole nitrogens is 2. The van der Waals surface area contributed by atoms with E-state index in [1.165, 1.54) is 6.20 Å². The maximum absolute atomic E-state index is 12.2. The molecular weight excluding hydrogens is 312 g/mol. The molecule has 0 saturated carbocycles. The summed E-state index contributed by atoms with van der Waals surface area (Å²) >= 11 is 0. The molecule has 0 spiro atoms. The number of hydrogen-bond donors (Lipinski definition) is 7. The fourth-order valence-corrected chi connectivity index (χ4v) is 2.06. The molecule has 0 aliphatic carbocycles. The summed E-state index contributed by atoms with van der Waals surface area (Å²) in [4.78, 5) is 27.1. The van der Waals surface area contributed by atoms with Crippen molar-refractivity contribution in [3.05, 3.63) is 28.7 Å². The molecule has 0 saturated heterocycles. The van der Waals surface area contributed by atoms with Gasteiger partial charge < -0.3 is 27.1 Å². The second-order valence-electron chi connectivity index (χ2n) is 5.30. The number of aromatic amines is 2. The minimum atomic E-state index is -0.401. The van der Waals surface area contributed by atoms with E-state index in [1.807, 2.05) is 0 Å². The van der Waals surface area contributed by atoms with Crippen LogP contribution in [-0.2, 0) is 0 Å². The van der Waals surface area contributed by atoms with Gasteiger partial charge in [0, 0.05) is 30.3 Å². The van der Waals surface area contributed by atoms with Gasteiger partial charge in [-0.15, -0.1) is 0 Å². The first-order valence-corrected chi connectivity index (χ1v) is 7.22. The maximum Gasteiger partial charge on any atom is 0.273 e. The van der Waals surface area contributed by atoms with Crippen molar-refractivity contribution in [3.8, 4) is 0 Å². The normalized spacial score (nSPS) is 10.4. The lowest BCUT2D eigenvalue weighted by Gasteiger charge is -2.05. The Hall–Kier alpha value is -3.30. The van der Waals surface area contributed by atoms with Crippen LogP contribution in [0.15, 0.2) is 6.20 Å². The van der Waals surface area contributed by atoms with Crippen molar-refractivity contribution in [2.45, 2.75) is 20.3 Å². The van der Waals surface area contributed by atoms with E-state index in [4.69, 9.17) is 16.9 Å². The van der Waals surface area contributed by atoms with Gasteiger partial charge in [0.25, 0.3) is 11.8 Å². The van der Waals surface area contributed by atoms with Crippen molar-refractivity contribution in [2.24, 2.45) is 5.73 Å². The summed E-state index contributed by atoms with van der Waals surface area (Å²) < 4.78 is 0. The molecule has 0 bridgehead atoms. The molecule has 0 aliphatic heterocycles. The van der Waals surface area contributed by atoms with E-state index in [0.29, 0.717) is 22.5 Å². The van der Waals surface area contributed by atoms with Crippen LogP contribution in [0.1, 0.15) is 38.5 Å². The first kappa shape index (κ1) is 17.1. The summed E-state index contributed by atoms with van der Waals surface area (Å²) in [5.41, 5.74) is 13.1. The van der Waals surface area contributed by atoms with Gasteiger partial charge in [0.2, 0.25) is 0 Å². The quantitative estimate of drug-likeness (QED) is 0.295. The molecule has 2 rings (SSSR count). The van der Waals surface area contributed by atoms with Crippen molar-refractivity contribution < 1.29 is 9.59 Å². The lowest BCUT2D eigenvalue weighted by Crippen LogP contribution is -2.28. The second kappa shape index (κ2) is 6.86. The standard InChI is InChI=1S/C14H20N8O2/c1-6-8(15)5-19-10(6)14(24)20-12-7(2)11(21-22-12)13(23)18-4-3-9(16)17/h5,19H,3-4,15H2,1-2H3,(H3,16,17)(H,18,23)(H2,20,21,22,24). The molecule has 0 radical (unpaired) electrons. The Kier molecular flexibility index (Phi) is 4.87. The minimum Gasteiger partial charge on any atom is -0.397 e. The predicted molar refractivity (Wildman–Crippen MR) is 90.1 cm³/mol. The van der Waals surface area contributed by atoms with Crippen molar-refractivity contribution in [3.63, 3.8) is 0 Å². The van der Waals surface area contributed by atoms with Gasteiger partial charge in [-0.2, -0.15) is 5.10 Å². The van der Waals surface area contributed by atoms with E-state index in [-0.39, 0.29) is 36.2 Å². The maximum atomic E-state index is 12.2. The first-order valence-electron chi connectivity index (χ1n) is 7.22. The predicted octanol–water partition coefficient (Wildman–Crippen LogP) is 0.245. The van der Waals surface area contributed by atoms with E-state index < -0.39 is 5.91 Å². The molecule has 2 amide bonds. The minimum absolute atomic E-state index is 0.00910. The van der Waals surface area contributed by atoms with Gasteiger partial charge in [-0.05, 0) is 13.8 Å². The number of carbonyl (C=O) groups excluding carboxylic acids is 2. The number of nitrogens with one attached hydrogen (secondary N) is 5. The zero-order chi connectivity index (χ0) is 17.9. The van der Waals surface area contributed by atoms with Crippen LogP contribution < -0.4 is 22.1 Å². The Balaban J connectivity index is 2.06. The molecular formula is C14H20N8O2. The molecule has 128 valence electrons. The number of hydrogen-bond acceptors (Lipinski definition) is 5. The Morgan fingerprint density at radius 1 is 1.25 bits per heavy atom. The van der Waals surface area contributed by atoms with Gasteiger partial charge in [-0.1, -0.05) is 0 Å². The fourth-order valence-electron chi connectivity index (χ4n) is 2.06.